The molecule has 0 amide bonds. The molecule has 1 atom stereocenters. The molecule has 0 heterocycles. The van der Waals surface area contributed by atoms with E-state index < -0.39 is 5.97 Å². The summed E-state index contributed by atoms with van der Waals surface area (Å²) >= 11 is 3.33. The summed E-state index contributed by atoms with van der Waals surface area (Å²) in [5.74, 6) is -0.803. The molecule has 1 aromatic rings. The maximum atomic E-state index is 13.1. The molecule has 0 saturated heterocycles. The SMILES string of the molecule is CC(C)CN(CC(=O)O)C(C)c1ccc(F)cc1Br. The van der Waals surface area contributed by atoms with Crippen LogP contribution in [-0.4, -0.2) is 29.1 Å². The summed E-state index contributed by atoms with van der Waals surface area (Å²) in [5.41, 5.74) is 0.892. The van der Waals surface area contributed by atoms with Crippen molar-refractivity contribution in [2.24, 2.45) is 5.92 Å². The van der Waals surface area contributed by atoms with Crippen molar-refractivity contribution in [1.82, 2.24) is 4.90 Å². The van der Waals surface area contributed by atoms with E-state index in [0.29, 0.717) is 16.9 Å². The van der Waals surface area contributed by atoms with Crippen LogP contribution in [0.3, 0.4) is 0 Å². The number of carboxylic acids is 1. The number of carboxylic acid groups (broad SMARTS) is 1. The number of benzene rings is 1. The second-order valence-corrected chi connectivity index (χ2v) is 5.91. The molecule has 1 unspecified atom stereocenters. The zero-order valence-electron chi connectivity index (χ0n) is 11.4. The molecule has 0 saturated carbocycles. The third kappa shape index (κ3) is 4.91. The van der Waals surface area contributed by atoms with E-state index in [1.54, 1.807) is 6.07 Å². The molecule has 0 bridgehead atoms. The van der Waals surface area contributed by atoms with Gasteiger partial charge in [-0.2, -0.15) is 0 Å². The lowest BCUT2D eigenvalue weighted by atomic mass is 10.1. The van der Waals surface area contributed by atoms with Crippen molar-refractivity contribution < 1.29 is 14.3 Å². The molecule has 1 rings (SSSR count). The Hall–Kier alpha value is -0.940. The number of rotatable bonds is 6. The van der Waals surface area contributed by atoms with Crippen molar-refractivity contribution in [3.63, 3.8) is 0 Å². The molecular formula is C14H19BrFNO2. The van der Waals surface area contributed by atoms with E-state index in [2.05, 4.69) is 15.9 Å². The standard InChI is InChI=1S/C14H19BrFNO2/c1-9(2)7-17(8-14(18)19)10(3)12-5-4-11(16)6-13(12)15/h4-6,9-10H,7-8H2,1-3H3,(H,18,19). The van der Waals surface area contributed by atoms with Crippen molar-refractivity contribution in [3.05, 3.63) is 34.1 Å². The Kier molecular flexibility index (Phi) is 5.94. The molecule has 5 heteroatoms. The van der Waals surface area contributed by atoms with E-state index in [9.17, 15) is 9.18 Å². The van der Waals surface area contributed by atoms with Crippen molar-refractivity contribution >= 4 is 21.9 Å². The van der Waals surface area contributed by atoms with Crippen molar-refractivity contribution in [3.8, 4) is 0 Å². The number of hydrogen-bond acceptors (Lipinski definition) is 2. The van der Waals surface area contributed by atoms with Gasteiger partial charge in [0.05, 0.1) is 6.54 Å². The summed E-state index contributed by atoms with van der Waals surface area (Å²) in [6.07, 6.45) is 0. The van der Waals surface area contributed by atoms with E-state index >= 15 is 0 Å². The van der Waals surface area contributed by atoms with E-state index in [1.807, 2.05) is 25.7 Å². The Labute approximate surface area is 121 Å². The Balaban J connectivity index is 2.96. The molecule has 0 fully saturated rings. The highest BCUT2D eigenvalue weighted by Crippen LogP contribution is 2.28. The molecule has 3 nitrogen and oxygen atoms in total. The van der Waals surface area contributed by atoms with Crippen molar-refractivity contribution in [2.45, 2.75) is 26.8 Å². The van der Waals surface area contributed by atoms with Gasteiger partial charge >= 0.3 is 5.97 Å². The van der Waals surface area contributed by atoms with E-state index in [-0.39, 0.29) is 18.4 Å². The fourth-order valence-electron chi connectivity index (χ4n) is 2.04. The zero-order chi connectivity index (χ0) is 14.6. The van der Waals surface area contributed by atoms with Crippen LogP contribution in [0.25, 0.3) is 0 Å². The highest BCUT2D eigenvalue weighted by molar-refractivity contribution is 9.10. The Bertz CT molecular complexity index is 451. The molecule has 19 heavy (non-hydrogen) atoms. The Morgan fingerprint density at radius 1 is 1.42 bits per heavy atom. The van der Waals surface area contributed by atoms with Gasteiger partial charge in [0.1, 0.15) is 5.82 Å². The molecule has 1 aromatic carbocycles. The van der Waals surface area contributed by atoms with Gasteiger partial charge < -0.3 is 5.11 Å². The molecule has 0 aromatic heterocycles. The van der Waals surface area contributed by atoms with Gasteiger partial charge in [0.15, 0.2) is 0 Å². The first kappa shape index (κ1) is 16.1. The van der Waals surface area contributed by atoms with Crippen LogP contribution in [0, 0.1) is 11.7 Å². The van der Waals surface area contributed by atoms with E-state index in [1.165, 1.54) is 12.1 Å². The fraction of sp³-hybridized carbons (Fsp3) is 0.500. The average molecular weight is 332 g/mol. The molecule has 0 radical (unpaired) electrons. The van der Waals surface area contributed by atoms with Gasteiger partial charge in [-0.05, 0) is 30.5 Å². The Morgan fingerprint density at radius 3 is 2.53 bits per heavy atom. The lowest BCUT2D eigenvalue weighted by molar-refractivity contribution is -0.139. The smallest absolute Gasteiger partial charge is 0.317 e. The van der Waals surface area contributed by atoms with Gasteiger partial charge in [0.2, 0.25) is 0 Å². The topological polar surface area (TPSA) is 40.5 Å². The van der Waals surface area contributed by atoms with Crippen LogP contribution in [0.5, 0.6) is 0 Å². The van der Waals surface area contributed by atoms with Crippen molar-refractivity contribution in [2.75, 3.05) is 13.1 Å². The normalized spacial score (nSPS) is 13.0. The highest BCUT2D eigenvalue weighted by atomic mass is 79.9. The number of halogens is 2. The minimum atomic E-state index is -0.856. The fourth-order valence-corrected chi connectivity index (χ4v) is 2.72. The van der Waals surface area contributed by atoms with Crippen LogP contribution in [0.1, 0.15) is 32.4 Å². The number of aliphatic carboxylic acids is 1. The molecule has 106 valence electrons. The van der Waals surface area contributed by atoms with Gasteiger partial charge in [0, 0.05) is 17.1 Å². The van der Waals surface area contributed by atoms with Gasteiger partial charge in [-0.15, -0.1) is 0 Å². The second-order valence-electron chi connectivity index (χ2n) is 5.06. The first-order valence-corrected chi connectivity index (χ1v) is 7.01. The average Bonchev–Trinajstić information content (AvgIpc) is 2.26. The summed E-state index contributed by atoms with van der Waals surface area (Å²) in [7, 11) is 0. The minimum absolute atomic E-state index is 0.0246. The van der Waals surface area contributed by atoms with Crippen LogP contribution >= 0.6 is 15.9 Å². The van der Waals surface area contributed by atoms with Gasteiger partial charge in [-0.1, -0.05) is 35.8 Å². The Morgan fingerprint density at radius 2 is 2.05 bits per heavy atom. The van der Waals surface area contributed by atoms with Crippen molar-refractivity contribution in [1.29, 1.82) is 0 Å². The molecule has 1 N–H and O–H groups in total. The number of carbonyl (C=O) groups is 1. The van der Waals surface area contributed by atoms with Crippen LogP contribution < -0.4 is 0 Å². The predicted octanol–water partition coefficient (Wildman–Crippen LogP) is 3.69. The first-order valence-electron chi connectivity index (χ1n) is 6.22. The highest BCUT2D eigenvalue weighted by Gasteiger charge is 2.21. The summed E-state index contributed by atoms with van der Waals surface area (Å²) in [6.45, 7) is 6.67. The second kappa shape index (κ2) is 7.01. The predicted molar refractivity (Wildman–Crippen MR) is 76.6 cm³/mol. The quantitative estimate of drug-likeness (QED) is 0.864. The van der Waals surface area contributed by atoms with Gasteiger partial charge in [-0.25, -0.2) is 4.39 Å². The largest absolute Gasteiger partial charge is 0.480 e. The summed E-state index contributed by atoms with van der Waals surface area (Å²) in [4.78, 5) is 12.8. The van der Waals surface area contributed by atoms with Gasteiger partial charge in [0.25, 0.3) is 0 Å². The third-order valence-corrected chi connectivity index (χ3v) is 3.59. The molecule has 0 aliphatic heterocycles. The molecule has 0 aliphatic carbocycles. The lowest BCUT2D eigenvalue weighted by Crippen LogP contribution is -2.35. The maximum Gasteiger partial charge on any atom is 0.317 e. The van der Waals surface area contributed by atoms with Crippen LogP contribution in [-0.2, 0) is 4.79 Å². The number of hydrogen-bond donors (Lipinski definition) is 1. The first-order chi connectivity index (χ1) is 8.81. The van der Waals surface area contributed by atoms with E-state index in [4.69, 9.17) is 5.11 Å². The molecule has 0 spiro atoms. The van der Waals surface area contributed by atoms with Crippen LogP contribution in [0.15, 0.2) is 22.7 Å². The zero-order valence-corrected chi connectivity index (χ0v) is 12.9. The van der Waals surface area contributed by atoms with E-state index in [0.717, 1.165) is 5.56 Å². The third-order valence-electron chi connectivity index (χ3n) is 2.90. The molecular weight excluding hydrogens is 313 g/mol. The van der Waals surface area contributed by atoms with Crippen LogP contribution in [0.4, 0.5) is 4.39 Å². The monoisotopic (exact) mass is 331 g/mol. The van der Waals surface area contributed by atoms with Gasteiger partial charge in [-0.3, -0.25) is 9.69 Å². The summed E-state index contributed by atoms with van der Waals surface area (Å²) in [5, 5.41) is 8.99. The summed E-state index contributed by atoms with van der Waals surface area (Å²) in [6, 6.07) is 4.40. The minimum Gasteiger partial charge on any atom is -0.480 e. The maximum absolute atomic E-state index is 13.1. The van der Waals surface area contributed by atoms with Crippen LogP contribution in [0.2, 0.25) is 0 Å². The molecule has 0 aliphatic rings. The lowest BCUT2D eigenvalue weighted by Gasteiger charge is -2.30. The number of nitrogens with zero attached hydrogens (tertiary/aromatic N) is 1. The summed E-state index contributed by atoms with van der Waals surface area (Å²) < 4.78 is 13.8.